The number of aliphatic hydroxyl groups is 1. The molecule has 6 heteroatoms. The molecule has 1 aliphatic rings. The van der Waals surface area contributed by atoms with Crippen LogP contribution in [0.15, 0.2) is 0 Å². The Hall–Kier alpha value is -0.690. The van der Waals surface area contributed by atoms with E-state index in [0.717, 1.165) is 13.0 Å². The Balaban J connectivity index is 2.39. The number of likely N-dealkylation sites (tertiary alicyclic amines) is 1. The molecule has 1 aliphatic heterocycles. The fraction of sp³-hybridized carbons (Fsp3) is 0.889. The van der Waals surface area contributed by atoms with Crippen molar-refractivity contribution >= 4 is 5.97 Å². The minimum Gasteiger partial charge on any atom is -0.481 e. The third-order valence-electron chi connectivity index (χ3n) is 2.93. The van der Waals surface area contributed by atoms with Gasteiger partial charge in [-0.1, -0.05) is 0 Å². The van der Waals surface area contributed by atoms with Crippen LogP contribution in [0.1, 0.15) is 12.8 Å². The van der Waals surface area contributed by atoms with E-state index < -0.39 is 11.4 Å². The zero-order chi connectivity index (χ0) is 11.3. The van der Waals surface area contributed by atoms with Crippen LogP contribution in [0.25, 0.3) is 0 Å². The van der Waals surface area contributed by atoms with Crippen LogP contribution in [0, 0.1) is 5.41 Å². The lowest BCUT2D eigenvalue weighted by Gasteiger charge is -2.22. The first-order valence-corrected chi connectivity index (χ1v) is 5.03. The number of carbonyl (C=O) groups is 1. The highest BCUT2D eigenvalue weighted by atomic mass is 16.6. The average molecular weight is 218 g/mol. The molecule has 0 aliphatic carbocycles. The van der Waals surface area contributed by atoms with Gasteiger partial charge in [0.2, 0.25) is 0 Å². The van der Waals surface area contributed by atoms with E-state index in [1.54, 1.807) is 0 Å². The van der Waals surface area contributed by atoms with Crippen molar-refractivity contribution < 1.29 is 19.8 Å². The molecule has 1 saturated heterocycles. The van der Waals surface area contributed by atoms with E-state index in [2.05, 4.69) is 4.84 Å². The highest BCUT2D eigenvalue weighted by Gasteiger charge is 2.44. The maximum Gasteiger partial charge on any atom is 0.313 e. The Morgan fingerprint density at radius 1 is 1.60 bits per heavy atom. The van der Waals surface area contributed by atoms with Gasteiger partial charge in [0.15, 0.2) is 0 Å². The number of nitrogens with two attached hydrogens (primary N) is 1. The summed E-state index contributed by atoms with van der Waals surface area (Å²) in [4.78, 5) is 17.5. The summed E-state index contributed by atoms with van der Waals surface area (Å²) in [6.07, 6.45) is 1.28. The molecule has 0 aromatic rings. The van der Waals surface area contributed by atoms with Crippen molar-refractivity contribution in [2.45, 2.75) is 12.8 Å². The topological polar surface area (TPSA) is 96.0 Å². The molecule has 0 bridgehead atoms. The van der Waals surface area contributed by atoms with Gasteiger partial charge in [-0.25, -0.2) is 5.90 Å². The molecule has 0 aromatic heterocycles. The SMILES string of the molecule is NOCCCN1CCC(CO)(C(=O)O)C1. The monoisotopic (exact) mass is 218 g/mol. The summed E-state index contributed by atoms with van der Waals surface area (Å²) in [5.41, 5.74) is -0.969. The van der Waals surface area contributed by atoms with E-state index in [1.165, 1.54) is 0 Å². The maximum absolute atomic E-state index is 11.0. The summed E-state index contributed by atoms with van der Waals surface area (Å²) in [5, 5.41) is 18.1. The Labute approximate surface area is 88.6 Å². The van der Waals surface area contributed by atoms with E-state index in [4.69, 9.17) is 16.1 Å². The Morgan fingerprint density at radius 3 is 2.80 bits per heavy atom. The Kier molecular flexibility index (Phi) is 4.46. The molecule has 0 amide bonds. The van der Waals surface area contributed by atoms with Crippen molar-refractivity contribution in [2.75, 3.05) is 32.8 Å². The average Bonchev–Trinajstić information content (AvgIpc) is 2.63. The normalized spacial score (nSPS) is 27.1. The third-order valence-corrected chi connectivity index (χ3v) is 2.93. The molecule has 1 atom stereocenters. The second kappa shape index (κ2) is 5.41. The summed E-state index contributed by atoms with van der Waals surface area (Å²) in [5.74, 6) is 3.97. The molecular weight excluding hydrogens is 200 g/mol. The predicted octanol–water partition coefficient (Wildman–Crippen LogP) is -0.964. The highest BCUT2D eigenvalue weighted by molar-refractivity contribution is 5.75. The predicted molar refractivity (Wildman–Crippen MR) is 53.0 cm³/mol. The van der Waals surface area contributed by atoms with Gasteiger partial charge in [-0.2, -0.15) is 0 Å². The van der Waals surface area contributed by atoms with Crippen LogP contribution >= 0.6 is 0 Å². The van der Waals surface area contributed by atoms with Gasteiger partial charge >= 0.3 is 5.97 Å². The van der Waals surface area contributed by atoms with Crippen LogP contribution in [-0.4, -0.2) is 53.9 Å². The molecule has 0 aromatic carbocycles. The number of carboxylic acids is 1. The molecule has 15 heavy (non-hydrogen) atoms. The molecule has 4 N–H and O–H groups in total. The zero-order valence-corrected chi connectivity index (χ0v) is 8.69. The molecule has 1 fully saturated rings. The van der Waals surface area contributed by atoms with Gasteiger partial charge in [0, 0.05) is 13.1 Å². The van der Waals surface area contributed by atoms with Crippen LogP contribution in [0.4, 0.5) is 0 Å². The second-order valence-electron chi connectivity index (χ2n) is 3.99. The number of aliphatic carboxylic acids is 1. The Bertz CT molecular complexity index is 224. The summed E-state index contributed by atoms with van der Waals surface area (Å²) >= 11 is 0. The largest absolute Gasteiger partial charge is 0.481 e. The molecule has 0 radical (unpaired) electrons. The summed E-state index contributed by atoms with van der Waals surface area (Å²) in [6.45, 7) is 2.04. The van der Waals surface area contributed by atoms with Gasteiger partial charge in [-0.05, 0) is 19.4 Å². The first kappa shape index (κ1) is 12.4. The van der Waals surface area contributed by atoms with Crippen LogP contribution in [-0.2, 0) is 9.63 Å². The molecule has 1 unspecified atom stereocenters. The molecule has 1 rings (SSSR count). The lowest BCUT2D eigenvalue weighted by Crippen LogP contribution is -2.38. The standard InChI is InChI=1S/C9H18N2O4/c10-15-5-1-3-11-4-2-9(6-11,7-12)8(13)14/h12H,1-7,10H2,(H,13,14). The summed E-state index contributed by atoms with van der Waals surface area (Å²) in [6, 6.07) is 0. The van der Waals surface area contributed by atoms with Crippen molar-refractivity contribution in [3.8, 4) is 0 Å². The van der Waals surface area contributed by atoms with Crippen molar-refractivity contribution in [1.82, 2.24) is 4.90 Å². The summed E-state index contributed by atoms with van der Waals surface area (Å²) in [7, 11) is 0. The Morgan fingerprint density at radius 2 is 2.33 bits per heavy atom. The third kappa shape index (κ3) is 2.88. The van der Waals surface area contributed by atoms with Crippen LogP contribution < -0.4 is 5.90 Å². The minimum atomic E-state index is -0.969. The molecule has 0 saturated carbocycles. The fourth-order valence-electron chi connectivity index (χ4n) is 1.89. The second-order valence-corrected chi connectivity index (χ2v) is 3.99. The molecule has 1 heterocycles. The van der Waals surface area contributed by atoms with Crippen LogP contribution in [0.5, 0.6) is 0 Å². The van der Waals surface area contributed by atoms with Gasteiger partial charge in [0.05, 0.1) is 13.2 Å². The summed E-state index contributed by atoms with van der Waals surface area (Å²) < 4.78 is 0. The van der Waals surface area contributed by atoms with Gasteiger partial charge < -0.3 is 20.0 Å². The first-order chi connectivity index (χ1) is 7.14. The molecule has 6 nitrogen and oxygen atoms in total. The minimum absolute atomic E-state index is 0.299. The zero-order valence-electron chi connectivity index (χ0n) is 8.69. The fourth-order valence-corrected chi connectivity index (χ4v) is 1.89. The van der Waals surface area contributed by atoms with E-state index in [-0.39, 0.29) is 6.61 Å². The molecule has 0 spiro atoms. The lowest BCUT2D eigenvalue weighted by molar-refractivity contribution is -0.150. The van der Waals surface area contributed by atoms with Crippen molar-refractivity contribution in [2.24, 2.45) is 11.3 Å². The van der Waals surface area contributed by atoms with Crippen molar-refractivity contribution in [3.63, 3.8) is 0 Å². The highest BCUT2D eigenvalue weighted by Crippen LogP contribution is 2.30. The molecule has 88 valence electrons. The van der Waals surface area contributed by atoms with Crippen molar-refractivity contribution in [1.29, 1.82) is 0 Å². The van der Waals surface area contributed by atoms with Crippen LogP contribution in [0.2, 0.25) is 0 Å². The van der Waals surface area contributed by atoms with E-state index in [1.807, 2.05) is 4.90 Å². The number of aliphatic hydroxyl groups excluding tert-OH is 1. The van der Waals surface area contributed by atoms with E-state index >= 15 is 0 Å². The first-order valence-electron chi connectivity index (χ1n) is 5.03. The van der Waals surface area contributed by atoms with Gasteiger partial charge in [0.1, 0.15) is 5.41 Å². The smallest absolute Gasteiger partial charge is 0.313 e. The van der Waals surface area contributed by atoms with Gasteiger partial charge in [-0.15, -0.1) is 0 Å². The van der Waals surface area contributed by atoms with Crippen LogP contribution in [0.3, 0.4) is 0 Å². The number of hydrogen-bond acceptors (Lipinski definition) is 5. The number of rotatable bonds is 6. The van der Waals surface area contributed by atoms with E-state index in [9.17, 15) is 4.79 Å². The van der Waals surface area contributed by atoms with E-state index in [0.29, 0.717) is 26.1 Å². The number of hydrogen-bond donors (Lipinski definition) is 3. The number of carboxylic acid groups (broad SMARTS) is 1. The maximum atomic E-state index is 11.0. The lowest BCUT2D eigenvalue weighted by atomic mass is 9.88. The molecular formula is C9H18N2O4. The van der Waals surface area contributed by atoms with Crippen molar-refractivity contribution in [3.05, 3.63) is 0 Å². The van der Waals surface area contributed by atoms with Gasteiger partial charge in [-0.3, -0.25) is 4.79 Å². The quantitative estimate of drug-likeness (QED) is 0.392. The van der Waals surface area contributed by atoms with Gasteiger partial charge in [0.25, 0.3) is 0 Å². The number of nitrogens with zero attached hydrogens (tertiary/aromatic N) is 1.